The number of hydrogen-bond donors (Lipinski definition) is 0. The zero-order valence-electron chi connectivity index (χ0n) is 11.7. The summed E-state index contributed by atoms with van der Waals surface area (Å²) >= 11 is 0. The molecule has 2 aliphatic rings. The van der Waals surface area contributed by atoms with Gasteiger partial charge in [0.15, 0.2) is 0 Å². The minimum Gasteiger partial charge on any atom is -0.346 e. The second-order valence-electron chi connectivity index (χ2n) is 6.06. The maximum Gasteiger partial charge on any atom is 0.126 e. The molecule has 4 rings (SSSR count). The van der Waals surface area contributed by atoms with Gasteiger partial charge in [0, 0.05) is 29.3 Å². The molecule has 1 aromatic heterocycles. The van der Waals surface area contributed by atoms with Gasteiger partial charge in [-0.1, -0.05) is 31.2 Å². The third-order valence-corrected chi connectivity index (χ3v) is 4.44. The standard InChI is InChI=1S/C18H18FN/c1-12-9-13-5-4-7-15-16(11-20(10-12)18(13)15)14-6-2-3-8-17(14)19/h4-8,11-12H,2-3,9-10H2,1H3. The zero-order chi connectivity index (χ0) is 13.7. The fourth-order valence-corrected chi connectivity index (χ4v) is 3.62. The Bertz CT molecular complexity index is 748. The highest BCUT2D eigenvalue weighted by atomic mass is 19.1. The molecule has 0 radical (unpaired) electrons. The summed E-state index contributed by atoms with van der Waals surface area (Å²) in [7, 11) is 0. The van der Waals surface area contributed by atoms with Gasteiger partial charge >= 0.3 is 0 Å². The number of benzene rings is 1. The van der Waals surface area contributed by atoms with Gasteiger partial charge in [0.05, 0.1) is 5.52 Å². The van der Waals surface area contributed by atoms with Crippen LogP contribution in [0.1, 0.15) is 30.9 Å². The molecule has 1 nitrogen and oxygen atoms in total. The van der Waals surface area contributed by atoms with Crippen molar-refractivity contribution < 1.29 is 4.39 Å². The van der Waals surface area contributed by atoms with Crippen molar-refractivity contribution in [3.05, 3.63) is 53.5 Å². The molecule has 2 heterocycles. The summed E-state index contributed by atoms with van der Waals surface area (Å²) in [5.74, 6) is 0.585. The van der Waals surface area contributed by atoms with Crippen molar-refractivity contribution in [2.45, 2.75) is 32.7 Å². The Morgan fingerprint density at radius 1 is 1.20 bits per heavy atom. The number of allylic oxidation sites excluding steroid dienone is 4. The Morgan fingerprint density at radius 2 is 2.05 bits per heavy atom. The average molecular weight is 267 g/mol. The van der Waals surface area contributed by atoms with Crippen LogP contribution in [0.3, 0.4) is 0 Å². The molecule has 20 heavy (non-hydrogen) atoms. The molecule has 0 spiro atoms. The largest absolute Gasteiger partial charge is 0.346 e. The Morgan fingerprint density at radius 3 is 2.90 bits per heavy atom. The van der Waals surface area contributed by atoms with Crippen molar-refractivity contribution in [2.75, 3.05) is 0 Å². The number of nitrogens with zero attached hydrogens (tertiary/aromatic N) is 1. The Kier molecular flexibility index (Phi) is 2.59. The van der Waals surface area contributed by atoms with Crippen LogP contribution in [0.2, 0.25) is 0 Å². The van der Waals surface area contributed by atoms with E-state index in [-0.39, 0.29) is 5.83 Å². The Labute approximate surface area is 118 Å². The van der Waals surface area contributed by atoms with Gasteiger partial charge < -0.3 is 4.57 Å². The highest BCUT2D eigenvalue weighted by Crippen LogP contribution is 2.38. The van der Waals surface area contributed by atoms with Crippen LogP contribution in [0, 0.1) is 5.92 Å². The van der Waals surface area contributed by atoms with Gasteiger partial charge in [-0.05, 0) is 36.8 Å². The summed E-state index contributed by atoms with van der Waals surface area (Å²) in [6, 6.07) is 6.44. The summed E-state index contributed by atoms with van der Waals surface area (Å²) in [4.78, 5) is 0. The van der Waals surface area contributed by atoms with Gasteiger partial charge in [0.2, 0.25) is 0 Å². The molecule has 2 aromatic rings. The van der Waals surface area contributed by atoms with Gasteiger partial charge in [-0.25, -0.2) is 4.39 Å². The SMILES string of the molecule is CC1Cc2cccc3c(C4=CCCC=C4F)cn(c23)C1. The van der Waals surface area contributed by atoms with E-state index >= 15 is 0 Å². The molecule has 0 fully saturated rings. The summed E-state index contributed by atoms with van der Waals surface area (Å²) in [5, 5.41) is 1.20. The highest BCUT2D eigenvalue weighted by Gasteiger charge is 2.22. The van der Waals surface area contributed by atoms with Crippen LogP contribution in [-0.4, -0.2) is 4.57 Å². The van der Waals surface area contributed by atoms with Crippen LogP contribution in [0.15, 0.2) is 42.4 Å². The van der Waals surface area contributed by atoms with Crippen LogP contribution in [0.4, 0.5) is 4.39 Å². The molecule has 0 bridgehead atoms. The van der Waals surface area contributed by atoms with Gasteiger partial charge in [-0.15, -0.1) is 0 Å². The minimum atomic E-state index is -0.0620. The minimum absolute atomic E-state index is 0.0620. The summed E-state index contributed by atoms with van der Waals surface area (Å²) in [6.07, 6.45) is 8.78. The molecule has 0 saturated heterocycles. The first kappa shape index (κ1) is 12.0. The lowest BCUT2D eigenvalue weighted by Gasteiger charge is -2.21. The Balaban J connectivity index is 1.97. The van der Waals surface area contributed by atoms with Crippen molar-refractivity contribution in [3.8, 4) is 0 Å². The first-order valence-electron chi connectivity index (χ1n) is 7.41. The molecule has 0 N–H and O–H groups in total. The van der Waals surface area contributed by atoms with E-state index in [1.165, 1.54) is 16.5 Å². The summed E-state index contributed by atoms with van der Waals surface area (Å²) in [5.41, 5.74) is 4.55. The number of para-hydroxylation sites is 1. The van der Waals surface area contributed by atoms with Crippen molar-refractivity contribution in [2.24, 2.45) is 5.92 Å². The number of hydrogen-bond acceptors (Lipinski definition) is 0. The van der Waals surface area contributed by atoms with E-state index in [4.69, 9.17) is 0 Å². The molecule has 2 heteroatoms. The van der Waals surface area contributed by atoms with Crippen molar-refractivity contribution in [1.82, 2.24) is 4.57 Å². The number of aromatic nitrogens is 1. The van der Waals surface area contributed by atoms with E-state index in [1.807, 2.05) is 6.08 Å². The monoisotopic (exact) mass is 267 g/mol. The number of rotatable bonds is 1. The quantitative estimate of drug-likeness (QED) is 0.695. The number of halogens is 1. The lowest BCUT2D eigenvalue weighted by atomic mass is 9.94. The van der Waals surface area contributed by atoms with E-state index in [1.54, 1.807) is 6.08 Å². The third-order valence-electron chi connectivity index (χ3n) is 4.44. The zero-order valence-corrected chi connectivity index (χ0v) is 11.7. The van der Waals surface area contributed by atoms with Gasteiger partial charge in [0.25, 0.3) is 0 Å². The van der Waals surface area contributed by atoms with E-state index in [9.17, 15) is 4.39 Å². The van der Waals surface area contributed by atoms with Crippen LogP contribution < -0.4 is 0 Å². The predicted octanol–water partition coefficient (Wildman–Crippen LogP) is 4.86. The molecule has 1 aliphatic heterocycles. The predicted molar refractivity (Wildman–Crippen MR) is 81.2 cm³/mol. The first-order chi connectivity index (χ1) is 9.74. The molecule has 0 amide bonds. The molecular formula is C18H18FN. The summed E-state index contributed by atoms with van der Waals surface area (Å²) in [6.45, 7) is 3.31. The maximum absolute atomic E-state index is 14.2. The van der Waals surface area contributed by atoms with Gasteiger partial charge in [-0.3, -0.25) is 0 Å². The normalized spacial score (nSPS) is 21.8. The lowest BCUT2D eigenvalue weighted by Crippen LogP contribution is -2.15. The fraction of sp³-hybridized carbons (Fsp3) is 0.333. The summed E-state index contributed by atoms with van der Waals surface area (Å²) < 4.78 is 16.5. The van der Waals surface area contributed by atoms with Crippen LogP contribution in [0.5, 0.6) is 0 Å². The smallest absolute Gasteiger partial charge is 0.126 e. The Hall–Kier alpha value is -1.83. The second-order valence-corrected chi connectivity index (χ2v) is 6.06. The lowest BCUT2D eigenvalue weighted by molar-refractivity contribution is 0.471. The molecule has 102 valence electrons. The van der Waals surface area contributed by atoms with Crippen LogP contribution in [0.25, 0.3) is 16.5 Å². The topological polar surface area (TPSA) is 4.93 Å². The fourth-order valence-electron chi connectivity index (χ4n) is 3.62. The van der Waals surface area contributed by atoms with E-state index in [0.717, 1.165) is 36.9 Å². The van der Waals surface area contributed by atoms with E-state index in [2.05, 4.69) is 35.9 Å². The van der Waals surface area contributed by atoms with Gasteiger partial charge in [-0.2, -0.15) is 0 Å². The first-order valence-corrected chi connectivity index (χ1v) is 7.41. The maximum atomic E-state index is 14.2. The van der Waals surface area contributed by atoms with E-state index in [0.29, 0.717) is 5.92 Å². The molecule has 1 aliphatic carbocycles. The van der Waals surface area contributed by atoms with Crippen molar-refractivity contribution in [3.63, 3.8) is 0 Å². The van der Waals surface area contributed by atoms with Crippen molar-refractivity contribution in [1.29, 1.82) is 0 Å². The van der Waals surface area contributed by atoms with E-state index < -0.39 is 0 Å². The molecule has 1 unspecified atom stereocenters. The molecular weight excluding hydrogens is 249 g/mol. The highest BCUT2D eigenvalue weighted by molar-refractivity contribution is 5.98. The third kappa shape index (κ3) is 1.67. The van der Waals surface area contributed by atoms with Crippen molar-refractivity contribution >= 4 is 16.5 Å². The molecule has 1 aromatic carbocycles. The average Bonchev–Trinajstić information content (AvgIpc) is 2.79. The van der Waals surface area contributed by atoms with Crippen LogP contribution >= 0.6 is 0 Å². The second kappa shape index (κ2) is 4.34. The molecule has 0 saturated carbocycles. The molecule has 1 atom stereocenters. The van der Waals surface area contributed by atoms with Crippen LogP contribution in [-0.2, 0) is 13.0 Å². The van der Waals surface area contributed by atoms with Gasteiger partial charge in [0.1, 0.15) is 5.83 Å².